The van der Waals surface area contributed by atoms with E-state index in [4.69, 9.17) is 4.74 Å². The number of hydrogen-bond acceptors (Lipinski definition) is 2. The fourth-order valence-electron chi connectivity index (χ4n) is 1.80. The van der Waals surface area contributed by atoms with Crippen molar-refractivity contribution in [2.24, 2.45) is 5.92 Å². The Morgan fingerprint density at radius 2 is 1.57 bits per heavy atom. The molecule has 0 aliphatic carbocycles. The van der Waals surface area contributed by atoms with E-state index in [0.29, 0.717) is 5.92 Å². The van der Waals surface area contributed by atoms with Gasteiger partial charge in [-0.2, -0.15) is 0 Å². The Hall–Kier alpha value is -1.51. The van der Waals surface area contributed by atoms with Crippen LogP contribution in [0.1, 0.15) is 54.0 Å². The van der Waals surface area contributed by atoms with Crippen molar-refractivity contribution in [2.45, 2.75) is 66.0 Å². The Morgan fingerprint density at radius 3 is 2.00 bits per heavy atom. The zero-order chi connectivity index (χ0) is 16.2. The van der Waals surface area contributed by atoms with Crippen LogP contribution in [0.15, 0.2) is 24.3 Å². The lowest BCUT2D eigenvalue weighted by Gasteiger charge is -2.22. The van der Waals surface area contributed by atoms with Gasteiger partial charge in [0.1, 0.15) is 5.75 Å². The molecule has 21 heavy (non-hydrogen) atoms. The van der Waals surface area contributed by atoms with Gasteiger partial charge in [0.2, 0.25) is 0 Å². The highest BCUT2D eigenvalue weighted by atomic mass is 16.5. The van der Waals surface area contributed by atoms with Crippen molar-refractivity contribution in [1.29, 1.82) is 0 Å². The molecule has 0 aliphatic rings. The second-order valence-corrected chi connectivity index (χ2v) is 7.08. The van der Waals surface area contributed by atoms with Gasteiger partial charge in [-0.1, -0.05) is 46.8 Å². The van der Waals surface area contributed by atoms with Crippen LogP contribution in [0, 0.1) is 5.92 Å². The highest BCUT2D eigenvalue weighted by Crippen LogP contribution is 2.24. The highest BCUT2D eigenvalue weighted by Gasteiger charge is 2.19. The fraction of sp³-hybridized carbons (Fsp3) is 0.611. The van der Waals surface area contributed by atoms with Gasteiger partial charge in [-0.25, -0.2) is 0 Å². The lowest BCUT2D eigenvalue weighted by Crippen LogP contribution is -2.43. The van der Waals surface area contributed by atoms with E-state index >= 15 is 0 Å². The average molecular weight is 291 g/mol. The maximum Gasteiger partial charge on any atom is 0.260 e. The molecule has 0 radical (unpaired) electrons. The molecular formula is C18H29NO2. The molecular weight excluding hydrogens is 262 g/mol. The topological polar surface area (TPSA) is 38.3 Å². The van der Waals surface area contributed by atoms with E-state index in [1.165, 1.54) is 5.56 Å². The molecule has 0 aliphatic heterocycles. The van der Waals surface area contributed by atoms with Crippen LogP contribution >= 0.6 is 0 Å². The van der Waals surface area contributed by atoms with Crippen molar-refractivity contribution in [3.05, 3.63) is 29.8 Å². The number of amides is 1. The van der Waals surface area contributed by atoms with Crippen LogP contribution in [0.4, 0.5) is 0 Å². The molecule has 3 heteroatoms. The average Bonchev–Trinajstić information content (AvgIpc) is 2.37. The minimum Gasteiger partial charge on any atom is -0.481 e. The Labute approximate surface area is 129 Å². The van der Waals surface area contributed by atoms with Gasteiger partial charge in [0.25, 0.3) is 5.91 Å². The third kappa shape index (κ3) is 5.41. The minimum absolute atomic E-state index is 0.0731. The standard InChI is InChI=1S/C18H29NO2/c1-12(2)13(3)19-17(20)14(4)21-16-10-8-15(9-11-16)18(5,6)7/h8-14H,1-7H3,(H,19,20)/t13-,14+/m0/s1. The van der Waals surface area contributed by atoms with Crippen LogP contribution < -0.4 is 10.1 Å². The van der Waals surface area contributed by atoms with Crippen LogP contribution in [-0.2, 0) is 10.2 Å². The maximum atomic E-state index is 12.1. The molecule has 0 heterocycles. The number of carbonyl (C=O) groups excluding carboxylic acids is 1. The normalized spacial score (nSPS) is 14.7. The van der Waals surface area contributed by atoms with Crippen LogP contribution in [0.2, 0.25) is 0 Å². The predicted octanol–water partition coefficient (Wildman–Crippen LogP) is 3.91. The fourth-order valence-corrected chi connectivity index (χ4v) is 1.80. The van der Waals surface area contributed by atoms with Gasteiger partial charge in [-0.3, -0.25) is 4.79 Å². The second kappa shape index (κ2) is 6.97. The molecule has 0 fully saturated rings. The smallest absolute Gasteiger partial charge is 0.260 e. The summed E-state index contributed by atoms with van der Waals surface area (Å²) in [6.45, 7) is 14.5. The van der Waals surface area contributed by atoms with E-state index < -0.39 is 6.10 Å². The van der Waals surface area contributed by atoms with Crippen molar-refractivity contribution < 1.29 is 9.53 Å². The highest BCUT2D eigenvalue weighted by molar-refractivity contribution is 5.81. The SMILES string of the molecule is CC(C)[C@H](C)NC(=O)[C@@H](C)Oc1ccc(C(C)(C)C)cc1. The number of nitrogens with one attached hydrogen (secondary N) is 1. The Bertz CT molecular complexity index is 457. The molecule has 1 aromatic rings. The van der Waals surface area contributed by atoms with E-state index in [0.717, 1.165) is 5.75 Å². The minimum atomic E-state index is -0.494. The van der Waals surface area contributed by atoms with Crippen LogP contribution in [0.5, 0.6) is 5.75 Å². The summed E-state index contributed by atoms with van der Waals surface area (Å²) in [5.74, 6) is 1.06. The summed E-state index contributed by atoms with van der Waals surface area (Å²) in [6.07, 6.45) is -0.494. The van der Waals surface area contributed by atoms with E-state index in [-0.39, 0.29) is 17.4 Å². The monoisotopic (exact) mass is 291 g/mol. The van der Waals surface area contributed by atoms with E-state index in [2.05, 4.69) is 52.1 Å². The van der Waals surface area contributed by atoms with Crippen molar-refractivity contribution in [2.75, 3.05) is 0 Å². The molecule has 0 saturated heterocycles. The predicted molar refractivity (Wildman–Crippen MR) is 87.7 cm³/mol. The lowest BCUT2D eigenvalue weighted by molar-refractivity contribution is -0.128. The summed E-state index contributed by atoms with van der Waals surface area (Å²) in [5, 5.41) is 2.97. The van der Waals surface area contributed by atoms with Gasteiger partial charge in [0.05, 0.1) is 0 Å². The Balaban J connectivity index is 2.62. The van der Waals surface area contributed by atoms with Crippen LogP contribution in [-0.4, -0.2) is 18.1 Å². The van der Waals surface area contributed by atoms with Gasteiger partial charge in [0, 0.05) is 6.04 Å². The molecule has 2 atom stereocenters. The van der Waals surface area contributed by atoms with Gasteiger partial charge in [-0.05, 0) is 42.9 Å². The molecule has 1 N–H and O–H groups in total. The zero-order valence-electron chi connectivity index (χ0n) is 14.4. The van der Waals surface area contributed by atoms with Gasteiger partial charge in [0.15, 0.2) is 6.10 Å². The molecule has 0 saturated carbocycles. The van der Waals surface area contributed by atoms with Crippen molar-refractivity contribution in [3.63, 3.8) is 0 Å². The van der Waals surface area contributed by atoms with Gasteiger partial charge in [-0.15, -0.1) is 0 Å². The number of rotatable bonds is 5. The molecule has 0 aromatic heterocycles. The summed E-state index contributed by atoms with van der Waals surface area (Å²) < 4.78 is 5.71. The summed E-state index contributed by atoms with van der Waals surface area (Å²) in [5.41, 5.74) is 1.37. The molecule has 0 spiro atoms. The zero-order valence-corrected chi connectivity index (χ0v) is 14.4. The van der Waals surface area contributed by atoms with Gasteiger partial charge < -0.3 is 10.1 Å². The third-order valence-electron chi connectivity index (χ3n) is 3.77. The third-order valence-corrected chi connectivity index (χ3v) is 3.77. The van der Waals surface area contributed by atoms with Crippen LogP contribution in [0.3, 0.4) is 0 Å². The molecule has 3 nitrogen and oxygen atoms in total. The van der Waals surface area contributed by atoms with Crippen molar-refractivity contribution in [3.8, 4) is 5.75 Å². The maximum absolute atomic E-state index is 12.1. The molecule has 0 unspecified atom stereocenters. The van der Waals surface area contributed by atoms with Crippen molar-refractivity contribution in [1.82, 2.24) is 5.32 Å². The lowest BCUT2D eigenvalue weighted by atomic mass is 9.87. The number of carbonyl (C=O) groups is 1. The first kappa shape index (κ1) is 17.5. The Morgan fingerprint density at radius 1 is 1.05 bits per heavy atom. The number of benzene rings is 1. The van der Waals surface area contributed by atoms with Crippen molar-refractivity contribution >= 4 is 5.91 Å². The van der Waals surface area contributed by atoms with Crippen LogP contribution in [0.25, 0.3) is 0 Å². The van der Waals surface area contributed by atoms with Gasteiger partial charge >= 0.3 is 0 Å². The molecule has 1 amide bonds. The largest absolute Gasteiger partial charge is 0.481 e. The molecule has 0 bridgehead atoms. The number of ether oxygens (including phenoxy) is 1. The molecule has 118 valence electrons. The second-order valence-electron chi connectivity index (χ2n) is 7.08. The summed E-state index contributed by atoms with van der Waals surface area (Å²) in [6, 6.07) is 8.10. The summed E-state index contributed by atoms with van der Waals surface area (Å²) >= 11 is 0. The first-order valence-electron chi connectivity index (χ1n) is 7.69. The Kier molecular flexibility index (Phi) is 5.82. The molecule has 1 aromatic carbocycles. The number of hydrogen-bond donors (Lipinski definition) is 1. The summed E-state index contributed by atoms with van der Waals surface area (Å²) in [4.78, 5) is 12.1. The first-order valence-corrected chi connectivity index (χ1v) is 7.69. The van der Waals surface area contributed by atoms with E-state index in [1.807, 2.05) is 19.1 Å². The van der Waals surface area contributed by atoms with E-state index in [1.54, 1.807) is 6.92 Å². The first-order chi connectivity index (χ1) is 9.61. The van der Waals surface area contributed by atoms with E-state index in [9.17, 15) is 4.79 Å². The summed E-state index contributed by atoms with van der Waals surface area (Å²) in [7, 11) is 0. The molecule has 1 rings (SSSR count). The quantitative estimate of drug-likeness (QED) is 0.893.